The van der Waals surface area contributed by atoms with Gasteiger partial charge in [0, 0.05) is 24.2 Å². The van der Waals surface area contributed by atoms with Crippen molar-refractivity contribution in [2.24, 2.45) is 4.99 Å². The summed E-state index contributed by atoms with van der Waals surface area (Å²) in [5.41, 5.74) is 1.58. The average Bonchev–Trinajstić information content (AvgIpc) is 3.37. The molecule has 8 heteroatoms. The van der Waals surface area contributed by atoms with Crippen LogP contribution < -0.4 is 5.32 Å². The number of carbonyl (C=O) groups is 2. The van der Waals surface area contributed by atoms with E-state index in [0.717, 1.165) is 0 Å². The first-order valence-electron chi connectivity index (χ1n) is 9.60. The van der Waals surface area contributed by atoms with Crippen LogP contribution in [-0.2, 0) is 9.53 Å². The van der Waals surface area contributed by atoms with Gasteiger partial charge in [0.05, 0.1) is 22.8 Å². The molecule has 1 aromatic carbocycles. The summed E-state index contributed by atoms with van der Waals surface area (Å²) >= 11 is 1.33. The molecule has 1 fully saturated rings. The predicted octanol–water partition coefficient (Wildman–Crippen LogP) is 2.81. The Morgan fingerprint density at radius 1 is 1.17 bits per heavy atom. The molecule has 2 atom stereocenters. The van der Waals surface area contributed by atoms with E-state index in [1.54, 1.807) is 23.1 Å². The van der Waals surface area contributed by atoms with Crippen molar-refractivity contribution < 1.29 is 14.3 Å². The van der Waals surface area contributed by atoms with Gasteiger partial charge < -0.3 is 15.0 Å². The molecule has 30 heavy (non-hydrogen) atoms. The molecule has 2 unspecified atom stereocenters. The van der Waals surface area contributed by atoms with Crippen molar-refractivity contribution in [1.29, 1.82) is 5.26 Å². The topological polar surface area (TPSA) is 94.8 Å². The van der Waals surface area contributed by atoms with Gasteiger partial charge in [-0.15, -0.1) is 11.3 Å². The Hall–Kier alpha value is -3.28. The van der Waals surface area contributed by atoms with Crippen molar-refractivity contribution >= 4 is 34.7 Å². The molecule has 2 aromatic rings. The number of thiophene rings is 1. The van der Waals surface area contributed by atoms with Gasteiger partial charge in [0.15, 0.2) is 0 Å². The molecule has 1 saturated heterocycles. The highest BCUT2D eigenvalue weighted by Gasteiger charge is 2.32. The van der Waals surface area contributed by atoms with E-state index < -0.39 is 0 Å². The van der Waals surface area contributed by atoms with Gasteiger partial charge in [-0.3, -0.25) is 9.59 Å². The van der Waals surface area contributed by atoms with Gasteiger partial charge in [0.2, 0.25) is 0 Å². The molecule has 0 saturated carbocycles. The van der Waals surface area contributed by atoms with Crippen molar-refractivity contribution in [3.63, 3.8) is 0 Å². The molecule has 0 bridgehead atoms. The maximum absolute atomic E-state index is 13.2. The minimum atomic E-state index is -0.376. The first-order valence-corrected chi connectivity index (χ1v) is 10.5. The number of fused-ring (bicyclic) bond motifs is 1. The van der Waals surface area contributed by atoms with Crippen LogP contribution in [-0.4, -0.2) is 47.8 Å². The van der Waals surface area contributed by atoms with E-state index in [-0.39, 0.29) is 35.3 Å². The SMILES string of the molecule is CC1CN(C(=O)C(C#N)=C2N=C(NC(=O)c3cccs3)c3ccccc32)CC(C)O1. The fourth-order valence-electron chi connectivity index (χ4n) is 3.70. The number of amidine groups is 1. The molecule has 152 valence electrons. The van der Waals surface area contributed by atoms with E-state index in [1.807, 2.05) is 43.5 Å². The molecule has 2 aliphatic heterocycles. The van der Waals surface area contributed by atoms with Crippen LogP contribution in [0.2, 0.25) is 0 Å². The molecule has 1 N–H and O–H groups in total. The lowest BCUT2D eigenvalue weighted by Gasteiger charge is -2.35. The van der Waals surface area contributed by atoms with Crippen LogP contribution in [0.5, 0.6) is 0 Å². The lowest BCUT2D eigenvalue weighted by atomic mass is 10.0. The summed E-state index contributed by atoms with van der Waals surface area (Å²) in [6.07, 6.45) is -0.217. The number of nitrogens with one attached hydrogen (secondary N) is 1. The zero-order chi connectivity index (χ0) is 21.3. The number of benzene rings is 1. The molecule has 2 amide bonds. The smallest absolute Gasteiger partial charge is 0.266 e. The molecular weight excluding hydrogens is 400 g/mol. The van der Waals surface area contributed by atoms with Gasteiger partial charge in [-0.2, -0.15) is 5.26 Å². The molecular formula is C22H20N4O3S. The average molecular weight is 420 g/mol. The second-order valence-electron chi connectivity index (χ2n) is 7.24. The van der Waals surface area contributed by atoms with Gasteiger partial charge in [0.1, 0.15) is 17.5 Å². The van der Waals surface area contributed by atoms with Crippen molar-refractivity contribution in [3.05, 3.63) is 63.4 Å². The van der Waals surface area contributed by atoms with Crippen LogP contribution in [0.3, 0.4) is 0 Å². The van der Waals surface area contributed by atoms with Crippen LogP contribution in [0, 0.1) is 11.3 Å². The highest BCUT2D eigenvalue weighted by atomic mass is 32.1. The monoisotopic (exact) mass is 420 g/mol. The summed E-state index contributed by atoms with van der Waals surface area (Å²) in [6.45, 7) is 4.62. The second-order valence-corrected chi connectivity index (χ2v) is 8.19. The maximum atomic E-state index is 13.2. The number of nitrogens with zero attached hydrogens (tertiary/aromatic N) is 3. The van der Waals surface area contributed by atoms with E-state index >= 15 is 0 Å². The minimum Gasteiger partial charge on any atom is -0.372 e. The number of hydrogen-bond donors (Lipinski definition) is 1. The Morgan fingerprint density at radius 2 is 1.87 bits per heavy atom. The molecule has 0 radical (unpaired) electrons. The number of carbonyl (C=O) groups excluding carboxylic acids is 2. The molecule has 4 rings (SSSR count). The van der Waals surface area contributed by atoms with Crippen molar-refractivity contribution in [1.82, 2.24) is 10.2 Å². The Labute approximate surface area is 178 Å². The number of aliphatic imine (C=N–C) groups is 1. The second kappa shape index (κ2) is 8.22. The third kappa shape index (κ3) is 3.77. The van der Waals surface area contributed by atoms with Gasteiger partial charge in [-0.25, -0.2) is 4.99 Å². The summed E-state index contributed by atoms with van der Waals surface area (Å²) < 4.78 is 5.69. The maximum Gasteiger partial charge on any atom is 0.266 e. The van der Waals surface area contributed by atoms with E-state index in [9.17, 15) is 14.9 Å². The minimum absolute atomic E-state index is 0.0378. The largest absolute Gasteiger partial charge is 0.372 e. The normalized spacial score (nSPS) is 22.0. The standard InChI is InChI=1S/C22H20N4O3S/c1-13-11-26(12-14(2)29-13)22(28)17(10-23)19-15-6-3-4-7-16(15)20(24-19)25-21(27)18-8-5-9-30-18/h3-9,13-14H,11-12H2,1-2H3,(H,24,25,27). The van der Waals surface area contributed by atoms with Crippen molar-refractivity contribution in [3.8, 4) is 6.07 Å². The van der Waals surface area contributed by atoms with E-state index in [0.29, 0.717) is 34.9 Å². The Balaban J connectivity index is 1.71. The van der Waals surface area contributed by atoms with E-state index in [1.165, 1.54) is 11.3 Å². The van der Waals surface area contributed by atoms with E-state index in [2.05, 4.69) is 10.3 Å². The summed E-state index contributed by atoms with van der Waals surface area (Å²) in [4.78, 5) is 32.4. The Kier molecular flexibility index (Phi) is 5.48. The van der Waals surface area contributed by atoms with Gasteiger partial charge in [-0.05, 0) is 25.3 Å². The fourth-order valence-corrected chi connectivity index (χ4v) is 4.31. The zero-order valence-electron chi connectivity index (χ0n) is 16.6. The first-order chi connectivity index (χ1) is 14.5. The third-order valence-corrected chi connectivity index (χ3v) is 5.78. The highest BCUT2D eigenvalue weighted by molar-refractivity contribution is 7.12. The Bertz CT molecular complexity index is 1090. The number of nitriles is 1. The molecule has 0 spiro atoms. The molecule has 1 aromatic heterocycles. The number of hydrogen-bond acceptors (Lipinski definition) is 6. The van der Waals surface area contributed by atoms with Crippen molar-refractivity contribution in [2.45, 2.75) is 26.1 Å². The first kappa shape index (κ1) is 20.0. The lowest BCUT2D eigenvalue weighted by molar-refractivity contribution is -0.138. The number of rotatable bonds is 2. The van der Waals surface area contributed by atoms with Crippen LogP contribution >= 0.6 is 11.3 Å². The van der Waals surface area contributed by atoms with Crippen LogP contribution in [0.25, 0.3) is 5.70 Å². The van der Waals surface area contributed by atoms with Gasteiger partial charge in [0.25, 0.3) is 11.8 Å². The fraction of sp³-hybridized carbons (Fsp3) is 0.273. The Morgan fingerprint density at radius 3 is 2.50 bits per heavy atom. The number of amides is 2. The number of morpholine rings is 1. The van der Waals surface area contributed by atoms with Crippen LogP contribution in [0.1, 0.15) is 34.6 Å². The van der Waals surface area contributed by atoms with Crippen molar-refractivity contribution in [2.75, 3.05) is 13.1 Å². The summed E-state index contributed by atoms with van der Waals surface area (Å²) in [5.74, 6) is -0.317. The van der Waals surface area contributed by atoms with Crippen LogP contribution in [0.4, 0.5) is 0 Å². The molecule has 2 aliphatic rings. The molecule has 7 nitrogen and oxygen atoms in total. The zero-order valence-corrected chi connectivity index (χ0v) is 17.4. The van der Waals surface area contributed by atoms with Crippen LogP contribution in [0.15, 0.2) is 52.3 Å². The summed E-state index contributed by atoms with van der Waals surface area (Å²) in [7, 11) is 0. The van der Waals surface area contributed by atoms with Gasteiger partial charge >= 0.3 is 0 Å². The number of ether oxygens (including phenoxy) is 1. The quantitative estimate of drug-likeness (QED) is 0.597. The van der Waals surface area contributed by atoms with Gasteiger partial charge in [-0.1, -0.05) is 30.3 Å². The predicted molar refractivity (Wildman–Crippen MR) is 114 cm³/mol. The summed E-state index contributed by atoms with van der Waals surface area (Å²) in [6, 6.07) is 12.8. The summed E-state index contributed by atoms with van der Waals surface area (Å²) in [5, 5.41) is 14.5. The highest BCUT2D eigenvalue weighted by Crippen LogP contribution is 2.31. The lowest BCUT2D eigenvalue weighted by Crippen LogP contribution is -2.48. The third-order valence-electron chi connectivity index (χ3n) is 4.91. The molecule has 0 aliphatic carbocycles. The molecule has 3 heterocycles. The van der Waals surface area contributed by atoms with E-state index in [4.69, 9.17) is 4.74 Å².